The summed E-state index contributed by atoms with van der Waals surface area (Å²) in [5.41, 5.74) is 1.97. The lowest BCUT2D eigenvalue weighted by Gasteiger charge is -2.36. The molecule has 1 aliphatic rings. The molecule has 1 amide bonds. The molecule has 0 aliphatic carbocycles. The minimum absolute atomic E-state index is 0.0719. The van der Waals surface area contributed by atoms with Crippen LogP contribution in [-0.4, -0.2) is 52.0 Å². The standard InChI is InChI=1S/C19H25BrN4O3/c1-12(22-19(26)27-2)18(25)24-10-4-3-5-16(24)17-21-11-15(23-17)13-6-8-14(20)9-7-13/h6-9,11-12,16,19,22,26H,3-5,10H2,1-2H3,(H,21,23)/t12-,16-,19?/m0/s1. The molecule has 27 heavy (non-hydrogen) atoms. The number of H-pyrrole nitrogens is 1. The Morgan fingerprint density at radius 3 is 2.85 bits per heavy atom. The molecule has 1 saturated heterocycles. The van der Waals surface area contributed by atoms with Crippen molar-refractivity contribution < 1.29 is 14.6 Å². The van der Waals surface area contributed by atoms with Gasteiger partial charge >= 0.3 is 0 Å². The average Bonchev–Trinajstić information content (AvgIpc) is 3.17. The summed E-state index contributed by atoms with van der Waals surface area (Å²) < 4.78 is 5.81. The first kappa shape index (κ1) is 20.0. The Morgan fingerprint density at radius 2 is 2.15 bits per heavy atom. The molecule has 0 radical (unpaired) electrons. The van der Waals surface area contributed by atoms with Gasteiger partial charge in [0.25, 0.3) is 0 Å². The Bertz CT molecular complexity index is 765. The van der Waals surface area contributed by atoms with Gasteiger partial charge in [-0.25, -0.2) is 4.98 Å². The first-order valence-electron chi connectivity index (χ1n) is 9.08. The number of rotatable bonds is 6. The van der Waals surface area contributed by atoms with E-state index in [2.05, 4.69) is 31.2 Å². The van der Waals surface area contributed by atoms with E-state index in [0.29, 0.717) is 6.54 Å². The number of aliphatic hydroxyl groups is 1. The van der Waals surface area contributed by atoms with Crippen LogP contribution in [0, 0.1) is 0 Å². The van der Waals surface area contributed by atoms with Crippen LogP contribution in [0.5, 0.6) is 0 Å². The molecular formula is C19H25BrN4O3. The second kappa shape index (κ2) is 8.97. The van der Waals surface area contributed by atoms with E-state index in [1.165, 1.54) is 7.11 Å². The lowest BCUT2D eigenvalue weighted by molar-refractivity contribution is -0.144. The number of hydrogen-bond donors (Lipinski definition) is 3. The molecule has 8 heteroatoms. The Balaban J connectivity index is 1.77. The van der Waals surface area contributed by atoms with Crippen molar-refractivity contribution >= 4 is 21.8 Å². The second-order valence-electron chi connectivity index (χ2n) is 6.71. The molecule has 1 unspecified atom stereocenters. The summed E-state index contributed by atoms with van der Waals surface area (Å²) in [5.74, 6) is 0.720. The van der Waals surface area contributed by atoms with Crippen LogP contribution in [0.3, 0.4) is 0 Å². The number of methoxy groups -OCH3 is 1. The van der Waals surface area contributed by atoms with Crippen LogP contribution in [0.15, 0.2) is 34.9 Å². The number of likely N-dealkylation sites (tertiary alicyclic amines) is 1. The van der Waals surface area contributed by atoms with Gasteiger partial charge in [-0.3, -0.25) is 10.1 Å². The van der Waals surface area contributed by atoms with Gasteiger partial charge in [0.2, 0.25) is 12.3 Å². The van der Waals surface area contributed by atoms with Crippen LogP contribution in [0.2, 0.25) is 0 Å². The van der Waals surface area contributed by atoms with Crippen molar-refractivity contribution in [3.8, 4) is 11.3 Å². The predicted molar refractivity (Wildman–Crippen MR) is 106 cm³/mol. The molecular weight excluding hydrogens is 412 g/mol. The number of amides is 1. The number of benzene rings is 1. The highest BCUT2D eigenvalue weighted by Gasteiger charge is 2.32. The van der Waals surface area contributed by atoms with Crippen LogP contribution < -0.4 is 5.32 Å². The molecule has 1 aliphatic heterocycles. The fourth-order valence-electron chi connectivity index (χ4n) is 3.36. The van der Waals surface area contributed by atoms with Gasteiger partial charge in [-0.2, -0.15) is 0 Å². The van der Waals surface area contributed by atoms with Gasteiger partial charge in [0, 0.05) is 18.1 Å². The van der Waals surface area contributed by atoms with Gasteiger partial charge in [-0.1, -0.05) is 28.1 Å². The van der Waals surface area contributed by atoms with E-state index in [4.69, 9.17) is 4.74 Å². The summed E-state index contributed by atoms with van der Waals surface area (Å²) in [4.78, 5) is 22.7. The second-order valence-corrected chi connectivity index (χ2v) is 7.62. The van der Waals surface area contributed by atoms with Gasteiger partial charge in [0.1, 0.15) is 5.82 Å². The maximum atomic E-state index is 12.9. The minimum Gasteiger partial charge on any atom is -0.356 e. The maximum absolute atomic E-state index is 12.9. The highest BCUT2D eigenvalue weighted by atomic mass is 79.9. The highest BCUT2D eigenvalue weighted by Crippen LogP contribution is 2.31. The number of aromatic nitrogens is 2. The van der Waals surface area contributed by atoms with Crippen molar-refractivity contribution in [2.24, 2.45) is 0 Å². The molecule has 3 rings (SSSR count). The monoisotopic (exact) mass is 436 g/mol. The van der Waals surface area contributed by atoms with Gasteiger partial charge in [-0.05, 0) is 43.9 Å². The van der Waals surface area contributed by atoms with E-state index in [0.717, 1.165) is 40.8 Å². The molecule has 146 valence electrons. The summed E-state index contributed by atoms with van der Waals surface area (Å²) in [6.45, 7) is 2.40. The summed E-state index contributed by atoms with van der Waals surface area (Å²) in [6.07, 6.45) is 3.51. The van der Waals surface area contributed by atoms with E-state index < -0.39 is 12.5 Å². The van der Waals surface area contributed by atoms with E-state index >= 15 is 0 Å². The SMILES string of the molecule is COC(O)N[C@@H](C)C(=O)N1CCCC[C@H]1c1ncc(-c2ccc(Br)cc2)[nH]1. The third-order valence-electron chi connectivity index (χ3n) is 4.84. The number of hydrogen-bond acceptors (Lipinski definition) is 5. The zero-order valence-corrected chi connectivity index (χ0v) is 17.1. The number of halogens is 1. The third kappa shape index (κ3) is 4.76. The molecule has 1 fully saturated rings. The predicted octanol–water partition coefficient (Wildman–Crippen LogP) is 2.79. The summed E-state index contributed by atoms with van der Waals surface area (Å²) in [7, 11) is 1.38. The van der Waals surface area contributed by atoms with E-state index in [1.807, 2.05) is 35.4 Å². The fraction of sp³-hybridized carbons (Fsp3) is 0.474. The van der Waals surface area contributed by atoms with Crippen LogP contribution in [-0.2, 0) is 9.53 Å². The first-order valence-corrected chi connectivity index (χ1v) is 9.87. The van der Waals surface area contributed by atoms with Crippen molar-refractivity contribution in [3.63, 3.8) is 0 Å². The van der Waals surface area contributed by atoms with Gasteiger partial charge < -0.3 is 19.7 Å². The van der Waals surface area contributed by atoms with Crippen LogP contribution in [0.1, 0.15) is 38.1 Å². The number of ether oxygens (including phenoxy) is 1. The number of carbonyl (C=O) groups excluding carboxylic acids is 1. The quantitative estimate of drug-likeness (QED) is 0.605. The topological polar surface area (TPSA) is 90.5 Å². The molecule has 7 nitrogen and oxygen atoms in total. The number of imidazole rings is 1. The molecule has 0 saturated carbocycles. The normalized spacial score (nSPS) is 19.7. The molecule has 2 aromatic rings. The molecule has 1 aromatic carbocycles. The largest absolute Gasteiger partial charge is 0.356 e. The molecule has 1 aromatic heterocycles. The van der Waals surface area contributed by atoms with Crippen LogP contribution in [0.4, 0.5) is 0 Å². The number of aliphatic hydroxyl groups excluding tert-OH is 1. The van der Waals surface area contributed by atoms with Crippen LogP contribution >= 0.6 is 15.9 Å². The smallest absolute Gasteiger partial charge is 0.240 e. The number of nitrogens with zero attached hydrogens (tertiary/aromatic N) is 2. The van der Waals surface area contributed by atoms with Crippen molar-refractivity contribution in [1.29, 1.82) is 0 Å². The molecule has 3 N–H and O–H groups in total. The lowest BCUT2D eigenvalue weighted by Crippen LogP contribution is -2.51. The van der Waals surface area contributed by atoms with E-state index in [-0.39, 0.29) is 11.9 Å². The Labute approximate surface area is 167 Å². The van der Waals surface area contributed by atoms with Gasteiger partial charge in [-0.15, -0.1) is 0 Å². The average molecular weight is 437 g/mol. The summed E-state index contributed by atoms with van der Waals surface area (Å²) in [6, 6.07) is 7.36. The molecule has 0 bridgehead atoms. The van der Waals surface area contributed by atoms with Crippen molar-refractivity contribution in [3.05, 3.63) is 40.8 Å². The minimum atomic E-state index is -1.17. The highest BCUT2D eigenvalue weighted by molar-refractivity contribution is 9.10. The van der Waals surface area contributed by atoms with E-state index in [1.54, 1.807) is 6.92 Å². The Kier molecular flexibility index (Phi) is 6.64. The zero-order valence-electron chi connectivity index (χ0n) is 15.5. The number of aromatic amines is 1. The summed E-state index contributed by atoms with van der Waals surface area (Å²) >= 11 is 3.44. The Morgan fingerprint density at radius 1 is 1.41 bits per heavy atom. The molecule has 3 atom stereocenters. The van der Waals surface area contributed by atoms with Crippen molar-refractivity contribution in [2.75, 3.05) is 13.7 Å². The maximum Gasteiger partial charge on any atom is 0.240 e. The molecule has 2 heterocycles. The lowest BCUT2D eigenvalue weighted by atomic mass is 10.0. The Hall–Kier alpha value is -1.74. The van der Waals surface area contributed by atoms with Gasteiger partial charge in [0.05, 0.1) is 24.0 Å². The first-order chi connectivity index (χ1) is 13.0. The zero-order chi connectivity index (χ0) is 19.4. The summed E-state index contributed by atoms with van der Waals surface area (Å²) in [5, 5.41) is 12.3. The van der Waals surface area contributed by atoms with E-state index in [9.17, 15) is 9.90 Å². The number of piperidine rings is 1. The van der Waals surface area contributed by atoms with Crippen LogP contribution in [0.25, 0.3) is 11.3 Å². The fourth-order valence-corrected chi connectivity index (χ4v) is 3.63. The van der Waals surface area contributed by atoms with Crippen molar-refractivity contribution in [2.45, 2.75) is 44.7 Å². The van der Waals surface area contributed by atoms with Gasteiger partial charge in [0.15, 0.2) is 0 Å². The molecule has 0 spiro atoms. The number of carbonyl (C=O) groups is 1. The number of nitrogens with one attached hydrogen (secondary N) is 2. The third-order valence-corrected chi connectivity index (χ3v) is 5.37. The van der Waals surface area contributed by atoms with Crippen molar-refractivity contribution in [1.82, 2.24) is 20.2 Å².